The number of carbonyl (C=O) groups is 1. The largest absolute Gasteiger partial charge is 0.479 e. The highest BCUT2D eigenvalue weighted by atomic mass is 35.5. The molecule has 0 radical (unpaired) electrons. The molecule has 0 aliphatic rings. The van der Waals surface area contributed by atoms with Gasteiger partial charge in [-0.05, 0) is 38.1 Å². The quantitative estimate of drug-likeness (QED) is 0.726. The number of halogens is 1. The first-order valence-electron chi connectivity index (χ1n) is 6.95. The fourth-order valence-electron chi connectivity index (χ4n) is 1.73. The van der Waals surface area contributed by atoms with Crippen molar-refractivity contribution in [1.82, 2.24) is 10.6 Å². The van der Waals surface area contributed by atoms with Crippen molar-refractivity contribution in [3.63, 3.8) is 0 Å². The van der Waals surface area contributed by atoms with Crippen LogP contribution in [0.1, 0.15) is 32.3 Å². The second-order valence-electron chi connectivity index (χ2n) is 4.70. The van der Waals surface area contributed by atoms with Gasteiger partial charge in [0.2, 0.25) is 0 Å². The standard InChI is InChI=1S/C15H23ClN2O2/c1-4-5-8-18-15(19)11(2)20-14-7-6-12(10-17-3)9-13(14)16/h6-7,9,11,17H,4-5,8,10H2,1-3H3,(H,18,19). The number of unbranched alkanes of at least 4 members (excludes halogenated alkanes) is 1. The van der Waals surface area contributed by atoms with E-state index in [0.29, 0.717) is 17.3 Å². The summed E-state index contributed by atoms with van der Waals surface area (Å²) in [6.45, 7) is 5.22. The molecule has 4 nitrogen and oxygen atoms in total. The molecule has 1 amide bonds. The van der Waals surface area contributed by atoms with Crippen molar-refractivity contribution in [1.29, 1.82) is 0 Å². The number of nitrogens with one attached hydrogen (secondary N) is 2. The zero-order valence-corrected chi connectivity index (χ0v) is 13.1. The van der Waals surface area contributed by atoms with Crippen molar-refractivity contribution in [2.24, 2.45) is 0 Å². The summed E-state index contributed by atoms with van der Waals surface area (Å²) in [4.78, 5) is 11.8. The number of hydrogen-bond acceptors (Lipinski definition) is 3. The monoisotopic (exact) mass is 298 g/mol. The first-order chi connectivity index (χ1) is 9.58. The zero-order valence-electron chi connectivity index (χ0n) is 12.3. The van der Waals surface area contributed by atoms with Gasteiger partial charge in [-0.1, -0.05) is 31.0 Å². The van der Waals surface area contributed by atoms with Gasteiger partial charge in [0.25, 0.3) is 5.91 Å². The summed E-state index contributed by atoms with van der Waals surface area (Å²) < 4.78 is 5.61. The third kappa shape index (κ3) is 5.39. The van der Waals surface area contributed by atoms with Crippen LogP contribution in [0.3, 0.4) is 0 Å². The van der Waals surface area contributed by atoms with E-state index >= 15 is 0 Å². The van der Waals surface area contributed by atoms with E-state index in [-0.39, 0.29) is 5.91 Å². The number of ether oxygens (including phenoxy) is 1. The van der Waals surface area contributed by atoms with Gasteiger partial charge in [-0.15, -0.1) is 0 Å². The minimum Gasteiger partial charge on any atom is -0.479 e. The van der Waals surface area contributed by atoms with Crippen LogP contribution in [-0.2, 0) is 11.3 Å². The summed E-state index contributed by atoms with van der Waals surface area (Å²) in [5, 5.41) is 6.41. The van der Waals surface area contributed by atoms with Gasteiger partial charge in [0, 0.05) is 13.1 Å². The van der Waals surface area contributed by atoms with Gasteiger partial charge < -0.3 is 15.4 Å². The van der Waals surface area contributed by atoms with E-state index in [0.717, 1.165) is 24.9 Å². The number of carbonyl (C=O) groups excluding carboxylic acids is 1. The number of hydrogen-bond donors (Lipinski definition) is 2. The normalized spacial score (nSPS) is 12.0. The molecule has 0 bridgehead atoms. The molecule has 0 saturated heterocycles. The molecule has 0 saturated carbocycles. The Morgan fingerprint density at radius 3 is 2.80 bits per heavy atom. The Morgan fingerprint density at radius 1 is 1.45 bits per heavy atom. The molecule has 0 heterocycles. The lowest BCUT2D eigenvalue weighted by Gasteiger charge is -2.16. The highest BCUT2D eigenvalue weighted by Gasteiger charge is 2.15. The van der Waals surface area contributed by atoms with Crippen molar-refractivity contribution >= 4 is 17.5 Å². The van der Waals surface area contributed by atoms with Crippen LogP contribution in [0.4, 0.5) is 0 Å². The Balaban J connectivity index is 2.56. The van der Waals surface area contributed by atoms with E-state index in [1.54, 1.807) is 13.0 Å². The Bertz CT molecular complexity index is 438. The van der Waals surface area contributed by atoms with Crippen molar-refractivity contribution in [3.8, 4) is 5.75 Å². The highest BCUT2D eigenvalue weighted by Crippen LogP contribution is 2.26. The Labute approximate surface area is 125 Å². The molecule has 1 rings (SSSR count). The minimum absolute atomic E-state index is 0.117. The third-order valence-electron chi connectivity index (χ3n) is 2.88. The topological polar surface area (TPSA) is 50.4 Å². The average molecular weight is 299 g/mol. The number of amides is 1. The molecule has 0 spiro atoms. The van der Waals surface area contributed by atoms with Crippen LogP contribution < -0.4 is 15.4 Å². The second-order valence-corrected chi connectivity index (χ2v) is 5.11. The lowest BCUT2D eigenvalue weighted by Crippen LogP contribution is -2.36. The highest BCUT2D eigenvalue weighted by molar-refractivity contribution is 6.32. The maximum Gasteiger partial charge on any atom is 0.260 e. The van der Waals surface area contributed by atoms with Gasteiger partial charge >= 0.3 is 0 Å². The SMILES string of the molecule is CCCCNC(=O)C(C)Oc1ccc(CNC)cc1Cl. The van der Waals surface area contributed by atoms with Crippen molar-refractivity contribution in [3.05, 3.63) is 28.8 Å². The summed E-state index contributed by atoms with van der Waals surface area (Å²) in [7, 11) is 1.88. The van der Waals surface area contributed by atoms with Crippen molar-refractivity contribution in [2.75, 3.05) is 13.6 Å². The maximum atomic E-state index is 11.8. The fraction of sp³-hybridized carbons (Fsp3) is 0.533. The molecular formula is C15H23ClN2O2. The maximum absolute atomic E-state index is 11.8. The molecule has 0 aliphatic carbocycles. The predicted molar refractivity (Wildman–Crippen MR) is 82.2 cm³/mol. The van der Waals surface area contributed by atoms with Crippen LogP contribution >= 0.6 is 11.6 Å². The van der Waals surface area contributed by atoms with Crippen LogP contribution in [-0.4, -0.2) is 25.6 Å². The average Bonchev–Trinajstić information content (AvgIpc) is 2.42. The van der Waals surface area contributed by atoms with Gasteiger partial charge in [0.15, 0.2) is 6.10 Å². The molecule has 1 atom stereocenters. The minimum atomic E-state index is -0.556. The molecule has 0 aliphatic heterocycles. The van der Waals surface area contributed by atoms with E-state index < -0.39 is 6.10 Å². The summed E-state index contributed by atoms with van der Waals surface area (Å²) >= 11 is 6.16. The van der Waals surface area contributed by atoms with Gasteiger partial charge in [0.1, 0.15) is 5.75 Å². The van der Waals surface area contributed by atoms with Crippen LogP contribution in [0.25, 0.3) is 0 Å². The van der Waals surface area contributed by atoms with Crippen molar-refractivity contribution < 1.29 is 9.53 Å². The summed E-state index contributed by atoms with van der Waals surface area (Å²) in [6.07, 6.45) is 1.46. The van der Waals surface area contributed by atoms with Gasteiger partial charge in [-0.25, -0.2) is 0 Å². The number of rotatable bonds is 8. The molecule has 1 aromatic carbocycles. The van der Waals surface area contributed by atoms with Crippen LogP contribution in [0, 0.1) is 0 Å². The van der Waals surface area contributed by atoms with Gasteiger partial charge in [0.05, 0.1) is 5.02 Å². The smallest absolute Gasteiger partial charge is 0.260 e. The third-order valence-corrected chi connectivity index (χ3v) is 3.18. The molecule has 1 aromatic rings. The molecule has 0 fully saturated rings. The Hall–Kier alpha value is -1.26. The van der Waals surface area contributed by atoms with Crippen LogP contribution in [0.15, 0.2) is 18.2 Å². The molecular weight excluding hydrogens is 276 g/mol. The number of benzene rings is 1. The molecule has 20 heavy (non-hydrogen) atoms. The first-order valence-corrected chi connectivity index (χ1v) is 7.33. The van der Waals surface area contributed by atoms with Crippen molar-refractivity contribution in [2.45, 2.75) is 39.3 Å². The van der Waals surface area contributed by atoms with E-state index in [4.69, 9.17) is 16.3 Å². The molecule has 1 unspecified atom stereocenters. The van der Waals surface area contributed by atoms with E-state index in [1.807, 2.05) is 19.2 Å². The molecule has 2 N–H and O–H groups in total. The second kappa shape index (κ2) is 8.82. The molecule has 5 heteroatoms. The fourth-order valence-corrected chi connectivity index (χ4v) is 1.98. The zero-order chi connectivity index (χ0) is 15.0. The molecule has 0 aromatic heterocycles. The Morgan fingerprint density at radius 2 is 2.20 bits per heavy atom. The first kappa shape index (κ1) is 16.8. The van der Waals surface area contributed by atoms with E-state index in [2.05, 4.69) is 17.6 Å². The van der Waals surface area contributed by atoms with Gasteiger partial charge in [-0.3, -0.25) is 4.79 Å². The lowest BCUT2D eigenvalue weighted by molar-refractivity contribution is -0.127. The van der Waals surface area contributed by atoms with Crippen LogP contribution in [0.2, 0.25) is 5.02 Å². The Kier molecular flexibility index (Phi) is 7.41. The summed E-state index contributed by atoms with van der Waals surface area (Å²) in [5.74, 6) is 0.415. The predicted octanol–water partition coefficient (Wildman–Crippen LogP) is 2.74. The van der Waals surface area contributed by atoms with E-state index in [1.165, 1.54) is 0 Å². The summed E-state index contributed by atoms with van der Waals surface area (Å²) in [6, 6.07) is 5.57. The summed E-state index contributed by atoms with van der Waals surface area (Å²) in [5.41, 5.74) is 1.07. The molecule has 112 valence electrons. The van der Waals surface area contributed by atoms with Crippen LogP contribution in [0.5, 0.6) is 5.75 Å². The van der Waals surface area contributed by atoms with E-state index in [9.17, 15) is 4.79 Å². The van der Waals surface area contributed by atoms with Gasteiger partial charge in [-0.2, -0.15) is 0 Å². The lowest BCUT2D eigenvalue weighted by atomic mass is 10.2.